The monoisotopic (exact) mass is 725 g/mol. The lowest BCUT2D eigenvalue weighted by Crippen LogP contribution is -2.00. The van der Waals surface area contributed by atoms with Crippen LogP contribution >= 0.6 is 0 Å². The zero-order valence-corrected chi connectivity index (χ0v) is 31.0. The zero-order chi connectivity index (χ0) is 37.5. The van der Waals surface area contributed by atoms with Crippen molar-refractivity contribution in [2.24, 2.45) is 0 Å². The lowest BCUT2D eigenvalue weighted by molar-refractivity contribution is 1.13. The molecule has 0 saturated heterocycles. The highest BCUT2D eigenvalue weighted by molar-refractivity contribution is 6.16. The average molecular weight is 726 g/mol. The van der Waals surface area contributed by atoms with E-state index in [-0.39, 0.29) is 0 Å². The minimum Gasteiger partial charge on any atom is -0.309 e. The summed E-state index contributed by atoms with van der Waals surface area (Å²) in [7, 11) is 0. The van der Waals surface area contributed by atoms with Crippen molar-refractivity contribution in [1.82, 2.24) is 13.7 Å². The molecule has 0 aliphatic rings. The number of hydrogen-bond donors (Lipinski definition) is 0. The van der Waals surface area contributed by atoms with Crippen molar-refractivity contribution in [3.63, 3.8) is 0 Å². The molecule has 0 aliphatic heterocycles. The Hall–Kier alpha value is -7.62. The molecule has 0 fully saturated rings. The van der Waals surface area contributed by atoms with Crippen LogP contribution in [-0.4, -0.2) is 13.7 Å². The van der Waals surface area contributed by atoms with Gasteiger partial charge in [-0.15, -0.1) is 0 Å². The summed E-state index contributed by atoms with van der Waals surface area (Å²) < 4.78 is 7.30. The maximum absolute atomic E-state index is 2.47. The Morgan fingerprint density at radius 1 is 0.228 bits per heavy atom. The van der Waals surface area contributed by atoms with Crippen LogP contribution in [-0.2, 0) is 0 Å². The van der Waals surface area contributed by atoms with Gasteiger partial charge in [0.05, 0.1) is 38.8 Å². The van der Waals surface area contributed by atoms with Crippen molar-refractivity contribution in [3.05, 3.63) is 212 Å². The number of nitrogens with zero attached hydrogens (tertiary/aromatic N) is 3. The van der Waals surface area contributed by atoms with Crippen LogP contribution in [0.3, 0.4) is 0 Å². The molecule has 3 nitrogen and oxygen atoms in total. The predicted octanol–water partition coefficient (Wildman–Crippen LogP) is 14.3. The van der Waals surface area contributed by atoms with Gasteiger partial charge in [-0.1, -0.05) is 140 Å². The second-order valence-electron chi connectivity index (χ2n) is 14.9. The SMILES string of the molecule is c1ccc(-c2ccc(-n3c4ccccc4c4cccc(-n5c6ccccc6c6cc(-c7ccc8c(c7)c7ccccc7n8-c7ccccc7)ccc65)c43)cc2)cc1. The highest BCUT2D eigenvalue weighted by Crippen LogP contribution is 2.42. The third kappa shape index (κ3) is 4.79. The number of fused-ring (bicyclic) bond motifs is 9. The minimum atomic E-state index is 1.14. The van der Waals surface area contributed by atoms with Crippen LogP contribution in [0.4, 0.5) is 0 Å². The molecule has 0 bridgehead atoms. The third-order valence-corrected chi connectivity index (χ3v) is 11.8. The average Bonchev–Trinajstić information content (AvgIpc) is 3.92. The highest BCUT2D eigenvalue weighted by Gasteiger charge is 2.21. The molecule has 3 heterocycles. The third-order valence-electron chi connectivity index (χ3n) is 11.8. The van der Waals surface area contributed by atoms with Crippen LogP contribution in [0.5, 0.6) is 0 Å². The van der Waals surface area contributed by atoms with Crippen LogP contribution in [0.1, 0.15) is 0 Å². The van der Waals surface area contributed by atoms with Crippen LogP contribution in [0.2, 0.25) is 0 Å². The van der Waals surface area contributed by atoms with E-state index < -0.39 is 0 Å². The fraction of sp³-hybridized carbons (Fsp3) is 0. The smallest absolute Gasteiger partial charge is 0.0782 e. The van der Waals surface area contributed by atoms with Crippen molar-refractivity contribution < 1.29 is 0 Å². The lowest BCUT2D eigenvalue weighted by atomic mass is 10.0. The summed E-state index contributed by atoms with van der Waals surface area (Å²) in [6, 6.07) is 77.4. The fourth-order valence-corrected chi connectivity index (χ4v) is 9.30. The first kappa shape index (κ1) is 31.7. The summed E-state index contributed by atoms with van der Waals surface area (Å²) in [6.45, 7) is 0. The van der Waals surface area contributed by atoms with Gasteiger partial charge in [0.15, 0.2) is 0 Å². The molecule has 0 atom stereocenters. The molecule has 9 aromatic carbocycles. The molecular weight excluding hydrogens is 691 g/mol. The van der Waals surface area contributed by atoms with Gasteiger partial charge < -0.3 is 13.7 Å². The maximum Gasteiger partial charge on any atom is 0.0782 e. The maximum atomic E-state index is 2.47. The van der Waals surface area contributed by atoms with Crippen LogP contribution < -0.4 is 0 Å². The Labute approximate surface area is 329 Å². The van der Waals surface area contributed by atoms with Gasteiger partial charge in [-0.3, -0.25) is 0 Å². The van der Waals surface area contributed by atoms with Crippen LogP contribution in [0.25, 0.3) is 105 Å². The summed E-state index contributed by atoms with van der Waals surface area (Å²) in [5, 5.41) is 7.47. The fourth-order valence-electron chi connectivity index (χ4n) is 9.30. The molecule has 57 heavy (non-hydrogen) atoms. The zero-order valence-electron chi connectivity index (χ0n) is 31.0. The number of aromatic nitrogens is 3. The number of hydrogen-bond acceptors (Lipinski definition) is 0. The molecule has 0 aliphatic carbocycles. The van der Waals surface area contributed by atoms with Crippen molar-refractivity contribution in [2.45, 2.75) is 0 Å². The summed E-state index contributed by atoms with van der Waals surface area (Å²) >= 11 is 0. The highest BCUT2D eigenvalue weighted by atomic mass is 15.1. The van der Waals surface area contributed by atoms with Crippen LogP contribution in [0.15, 0.2) is 212 Å². The van der Waals surface area contributed by atoms with Crippen molar-refractivity contribution in [1.29, 1.82) is 0 Å². The van der Waals surface area contributed by atoms with Crippen LogP contribution in [0, 0.1) is 0 Å². The number of rotatable bonds is 5. The Morgan fingerprint density at radius 3 is 1.28 bits per heavy atom. The molecule has 12 rings (SSSR count). The van der Waals surface area contributed by atoms with Gasteiger partial charge >= 0.3 is 0 Å². The lowest BCUT2D eigenvalue weighted by Gasteiger charge is -2.15. The normalized spacial score (nSPS) is 11.9. The summed E-state index contributed by atoms with van der Waals surface area (Å²) in [5.41, 5.74) is 15.5. The van der Waals surface area contributed by atoms with E-state index in [1.807, 2.05) is 0 Å². The summed E-state index contributed by atoms with van der Waals surface area (Å²) in [4.78, 5) is 0. The van der Waals surface area contributed by atoms with Gasteiger partial charge in [-0.05, 0) is 95.1 Å². The first-order valence-corrected chi connectivity index (χ1v) is 19.6. The number of para-hydroxylation sites is 5. The topological polar surface area (TPSA) is 14.8 Å². The quantitative estimate of drug-likeness (QED) is 0.168. The first-order valence-electron chi connectivity index (χ1n) is 19.6. The molecule has 0 radical (unpaired) electrons. The van der Waals surface area contributed by atoms with Crippen molar-refractivity contribution in [3.8, 4) is 39.3 Å². The van der Waals surface area contributed by atoms with Gasteiger partial charge in [0.25, 0.3) is 0 Å². The molecule has 0 saturated carbocycles. The van der Waals surface area contributed by atoms with Crippen molar-refractivity contribution >= 4 is 65.4 Å². The second kappa shape index (κ2) is 12.5. The molecule has 12 aromatic rings. The summed E-state index contributed by atoms with van der Waals surface area (Å²) in [5.74, 6) is 0. The standard InChI is InChI=1S/C54H35N3/c1-3-14-36(15-4-1)37-26-30-41(31-27-37)56-49-23-11-7-18-42(49)45-21-13-25-53(54(45)56)57-50-24-12-9-20-44(50)47-35-39(29-33-52(47)57)38-28-32-51-46(34-38)43-19-8-10-22-48(43)55(51)40-16-5-2-6-17-40/h1-35H. The van der Waals surface area contributed by atoms with E-state index in [2.05, 4.69) is 226 Å². The molecular formula is C54H35N3. The van der Waals surface area contributed by atoms with E-state index in [9.17, 15) is 0 Å². The summed E-state index contributed by atoms with van der Waals surface area (Å²) in [6.07, 6.45) is 0. The van der Waals surface area contributed by atoms with E-state index in [1.54, 1.807) is 0 Å². The number of benzene rings is 9. The Morgan fingerprint density at radius 2 is 0.649 bits per heavy atom. The van der Waals surface area contributed by atoms with Gasteiger partial charge in [-0.25, -0.2) is 0 Å². The molecule has 0 amide bonds. The molecule has 0 N–H and O–H groups in total. The van der Waals surface area contributed by atoms with E-state index in [4.69, 9.17) is 0 Å². The molecule has 3 heteroatoms. The second-order valence-corrected chi connectivity index (χ2v) is 14.9. The Bertz CT molecular complexity index is 3490. The van der Waals surface area contributed by atoms with Gasteiger partial charge in [0.1, 0.15) is 0 Å². The first-order chi connectivity index (χ1) is 28.3. The van der Waals surface area contributed by atoms with E-state index in [0.29, 0.717) is 0 Å². The van der Waals surface area contributed by atoms with Crippen molar-refractivity contribution in [2.75, 3.05) is 0 Å². The minimum absolute atomic E-state index is 1.14. The van der Waals surface area contributed by atoms with E-state index in [0.717, 1.165) is 11.4 Å². The molecule has 266 valence electrons. The molecule has 3 aromatic heterocycles. The molecule has 0 unspecified atom stereocenters. The largest absolute Gasteiger partial charge is 0.309 e. The van der Waals surface area contributed by atoms with E-state index >= 15 is 0 Å². The Kier molecular flexibility index (Phi) is 6.93. The van der Waals surface area contributed by atoms with E-state index in [1.165, 1.54) is 93.4 Å². The Balaban J connectivity index is 1.06. The predicted molar refractivity (Wildman–Crippen MR) is 240 cm³/mol. The molecule has 0 spiro atoms. The van der Waals surface area contributed by atoms with Gasteiger partial charge in [0.2, 0.25) is 0 Å². The van der Waals surface area contributed by atoms with Gasteiger partial charge in [-0.2, -0.15) is 0 Å². The van der Waals surface area contributed by atoms with Gasteiger partial charge in [0, 0.05) is 43.7 Å².